The van der Waals surface area contributed by atoms with E-state index in [4.69, 9.17) is 9.26 Å². The van der Waals surface area contributed by atoms with Gasteiger partial charge in [-0.25, -0.2) is 4.79 Å². The van der Waals surface area contributed by atoms with E-state index in [-0.39, 0.29) is 18.1 Å². The average molecular weight is 348 g/mol. The summed E-state index contributed by atoms with van der Waals surface area (Å²) in [5.74, 6) is 1.46. The zero-order valence-electron chi connectivity index (χ0n) is 14.8. The van der Waals surface area contributed by atoms with Gasteiger partial charge in [-0.2, -0.15) is 10.1 Å². The maximum absolute atomic E-state index is 12.4. The minimum atomic E-state index is -0.156. The fourth-order valence-electron chi connectivity index (χ4n) is 2.70. The molecule has 1 N–H and O–H groups in total. The Morgan fingerprint density at radius 2 is 2.32 bits per heavy atom. The number of rotatable bonds is 5. The molecule has 1 aliphatic heterocycles. The number of hydrogen-bond acceptors (Lipinski definition) is 6. The van der Waals surface area contributed by atoms with E-state index in [1.165, 1.54) is 0 Å². The summed E-state index contributed by atoms with van der Waals surface area (Å²) in [6.07, 6.45) is 2.09. The first kappa shape index (κ1) is 17.4. The summed E-state index contributed by atoms with van der Waals surface area (Å²) in [4.78, 5) is 18.4. The van der Waals surface area contributed by atoms with Crippen LogP contribution in [0.2, 0.25) is 0 Å². The molecular weight excluding hydrogens is 324 g/mol. The molecule has 1 unspecified atom stereocenters. The molecule has 0 saturated carbocycles. The second-order valence-electron chi connectivity index (χ2n) is 6.37. The highest BCUT2D eigenvalue weighted by Crippen LogP contribution is 2.21. The van der Waals surface area contributed by atoms with Crippen molar-refractivity contribution in [2.75, 3.05) is 26.2 Å². The topological polar surface area (TPSA) is 98.3 Å². The van der Waals surface area contributed by atoms with Crippen molar-refractivity contribution >= 4 is 6.03 Å². The summed E-state index contributed by atoms with van der Waals surface area (Å²) in [5.41, 5.74) is 0.963. The van der Waals surface area contributed by atoms with E-state index in [0.717, 1.165) is 5.69 Å². The molecule has 1 atom stereocenters. The summed E-state index contributed by atoms with van der Waals surface area (Å²) in [7, 11) is 1.87. The van der Waals surface area contributed by atoms with Crippen LogP contribution >= 0.6 is 0 Å². The Bertz CT molecular complexity index is 710. The predicted octanol–water partition coefficient (Wildman–Crippen LogP) is 1.25. The third kappa shape index (κ3) is 4.16. The van der Waals surface area contributed by atoms with Gasteiger partial charge in [0.05, 0.1) is 18.8 Å². The Morgan fingerprint density at radius 1 is 1.48 bits per heavy atom. The molecule has 1 fully saturated rings. The molecule has 2 aromatic heterocycles. The molecule has 0 radical (unpaired) electrons. The molecule has 0 spiro atoms. The quantitative estimate of drug-likeness (QED) is 0.873. The fourth-order valence-corrected chi connectivity index (χ4v) is 2.70. The number of urea groups is 1. The van der Waals surface area contributed by atoms with Crippen molar-refractivity contribution in [1.82, 2.24) is 30.1 Å². The molecule has 0 bridgehead atoms. The minimum Gasteiger partial charge on any atom is -0.368 e. The third-order valence-electron chi connectivity index (χ3n) is 4.16. The molecule has 3 rings (SSSR count). The summed E-state index contributed by atoms with van der Waals surface area (Å²) < 4.78 is 12.7. The van der Waals surface area contributed by atoms with Crippen molar-refractivity contribution in [3.05, 3.63) is 29.7 Å². The number of nitrogens with one attached hydrogen (secondary N) is 1. The number of aromatic nitrogens is 4. The summed E-state index contributed by atoms with van der Waals surface area (Å²) in [6.45, 7) is 6.04. The smallest absolute Gasteiger partial charge is 0.317 e. The minimum absolute atomic E-state index is 0.112. The van der Waals surface area contributed by atoms with Crippen LogP contribution in [0.4, 0.5) is 4.79 Å². The van der Waals surface area contributed by atoms with Gasteiger partial charge < -0.3 is 19.5 Å². The second kappa shape index (κ2) is 7.64. The highest BCUT2D eigenvalue weighted by molar-refractivity contribution is 5.74. The lowest BCUT2D eigenvalue weighted by Crippen LogP contribution is -2.47. The average Bonchev–Trinajstić information content (AvgIpc) is 3.24. The van der Waals surface area contributed by atoms with Gasteiger partial charge >= 0.3 is 6.03 Å². The number of hydrogen-bond donors (Lipinski definition) is 1. The maximum Gasteiger partial charge on any atom is 0.317 e. The van der Waals surface area contributed by atoms with Crippen LogP contribution in [0, 0.1) is 0 Å². The number of carbonyl (C=O) groups is 1. The van der Waals surface area contributed by atoms with Crippen LogP contribution in [0.15, 0.2) is 16.8 Å². The van der Waals surface area contributed by atoms with E-state index < -0.39 is 0 Å². The van der Waals surface area contributed by atoms with Crippen LogP contribution in [-0.4, -0.2) is 57.1 Å². The van der Waals surface area contributed by atoms with Crippen LogP contribution in [0.25, 0.3) is 0 Å². The number of amides is 2. The van der Waals surface area contributed by atoms with E-state index in [9.17, 15) is 4.79 Å². The van der Waals surface area contributed by atoms with Gasteiger partial charge in [0.15, 0.2) is 5.82 Å². The van der Waals surface area contributed by atoms with E-state index in [1.54, 1.807) is 15.8 Å². The first-order valence-electron chi connectivity index (χ1n) is 8.49. The maximum atomic E-state index is 12.4. The molecule has 1 aliphatic rings. The van der Waals surface area contributed by atoms with Gasteiger partial charge in [-0.05, 0) is 6.07 Å². The number of carbonyl (C=O) groups excluding carboxylic acids is 1. The van der Waals surface area contributed by atoms with E-state index in [0.29, 0.717) is 44.4 Å². The highest BCUT2D eigenvalue weighted by Gasteiger charge is 2.27. The van der Waals surface area contributed by atoms with E-state index in [1.807, 2.05) is 27.0 Å². The van der Waals surface area contributed by atoms with Gasteiger partial charge in [-0.3, -0.25) is 4.68 Å². The SMILES string of the molecule is CC(C)c1noc(CCNC(=O)N2CCOC(c3ccnn3C)C2)n1. The lowest BCUT2D eigenvalue weighted by atomic mass is 10.2. The summed E-state index contributed by atoms with van der Waals surface area (Å²) >= 11 is 0. The Hall–Kier alpha value is -2.42. The van der Waals surface area contributed by atoms with Crippen LogP contribution in [0.3, 0.4) is 0 Å². The van der Waals surface area contributed by atoms with Crippen molar-refractivity contribution in [3.8, 4) is 0 Å². The zero-order chi connectivity index (χ0) is 17.8. The van der Waals surface area contributed by atoms with Crippen LogP contribution in [0.5, 0.6) is 0 Å². The first-order valence-corrected chi connectivity index (χ1v) is 8.49. The largest absolute Gasteiger partial charge is 0.368 e. The zero-order valence-corrected chi connectivity index (χ0v) is 14.8. The molecule has 3 heterocycles. The van der Waals surface area contributed by atoms with Crippen molar-refractivity contribution in [1.29, 1.82) is 0 Å². The van der Waals surface area contributed by atoms with Crippen molar-refractivity contribution in [2.45, 2.75) is 32.3 Å². The van der Waals surface area contributed by atoms with E-state index in [2.05, 4.69) is 20.6 Å². The van der Waals surface area contributed by atoms with Gasteiger partial charge in [0.1, 0.15) is 6.10 Å². The van der Waals surface area contributed by atoms with Crippen LogP contribution < -0.4 is 5.32 Å². The molecule has 9 nitrogen and oxygen atoms in total. The fraction of sp³-hybridized carbons (Fsp3) is 0.625. The number of ether oxygens (including phenoxy) is 1. The van der Waals surface area contributed by atoms with Gasteiger partial charge in [0.2, 0.25) is 5.89 Å². The Morgan fingerprint density at radius 3 is 3.00 bits per heavy atom. The Balaban J connectivity index is 1.48. The number of aryl methyl sites for hydroxylation is 1. The third-order valence-corrected chi connectivity index (χ3v) is 4.16. The Kier molecular flexibility index (Phi) is 5.32. The van der Waals surface area contributed by atoms with E-state index >= 15 is 0 Å². The molecule has 0 aliphatic carbocycles. The monoisotopic (exact) mass is 348 g/mol. The molecule has 136 valence electrons. The van der Waals surface area contributed by atoms with Gasteiger partial charge in [-0.15, -0.1) is 0 Å². The number of morpholine rings is 1. The molecule has 25 heavy (non-hydrogen) atoms. The molecule has 1 saturated heterocycles. The summed E-state index contributed by atoms with van der Waals surface area (Å²) in [6, 6.07) is 1.80. The highest BCUT2D eigenvalue weighted by atomic mass is 16.5. The van der Waals surface area contributed by atoms with Crippen molar-refractivity contribution < 1.29 is 14.1 Å². The summed E-state index contributed by atoms with van der Waals surface area (Å²) in [5, 5.41) is 11.0. The van der Waals surface area contributed by atoms with Crippen LogP contribution in [0.1, 0.15) is 43.3 Å². The molecule has 0 aromatic carbocycles. The first-order chi connectivity index (χ1) is 12.0. The lowest BCUT2D eigenvalue weighted by molar-refractivity contribution is -0.0194. The van der Waals surface area contributed by atoms with Gasteiger partial charge in [-0.1, -0.05) is 19.0 Å². The predicted molar refractivity (Wildman–Crippen MR) is 89.0 cm³/mol. The molecule has 2 aromatic rings. The normalized spacial score (nSPS) is 17.9. The lowest BCUT2D eigenvalue weighted by Gasteiger charge is -2.32. The molecule has 2 amide bonds. The molecule has 9 heteroatoms. The van der Waals surface area contributed by atoms with Gasteiger partial charge in [0.25, 0.3) is 0 Å². The Labute approximate surface area is 146 Å². The molecular formula is C16H24N6O3. The standard InChI is InChI=1S/C16H24N6O3/c1-11(2)15-19-14(25-20-15)5-6-17-16(23)22-8-9-24-13(10-22)12-4-7-18-21(12)3/h4,7,11,13H,5-6,8-10H2,1-3H3,(H,17,23). The number of nitrogens with zero attached hydrogens (tertiary/aromatic N) is 5. The van der Waals surface area contributed by atoms with Crippen molar-refractivity contribution in [3.63, 3.8) is 0 Å². The van der Waals surface area contributed by atoms with Gasteiger partial charge in [0, 0.05) is 38.7 Å². The second-order valence-corrected chi connectivity index (χ2v) is 6.37. The van der Waals surface area contributed by atoms with Crippen molar-refractivity contribution in [2.24, 2.45) is 7.05 Å². The van der Waals surface area contributed by atoms with Crippen LogP contribution in [-0.2, 0) is 18.2 Å².